The highest BCUT2D eigenvalue weighted by Gasteiger charge is 2.05. The van der Waals surface area contributed by atoms with E-state index in [0.29, 0.717) is 5.03 Å². The van der Waals surface area contributed by atoms with Crippen molar-refractivity contribution < 1.29 is 9.90 Å². The number of pyridine rings is 1. The van der Waals surface area contributed by atoms with Crippen molar-refractivity contribution in [2.24, 2.45) is 0 Å². The van der Waals surface area contributed by atoms with Crippen LogP contribution in [0.2, 0.25) is 0 Å². The fraction of sp³-hybridized carbons (Fsp3) is 0. The van der Waals surface area contributed by atoms with Gasteiger partial charge in [-0.25, -0.2) is 9.78 Å². The Morgan fingerprint density at radius 3 is 2.87 bits per heavy atom. The smallest absolute Gasteiger partial charge is 0.337 e. The van der Waals surface area contributed by atoms with E-state index < -0.39 is 5.97 Å². The number of carboxylic acid groups (broad SMARTS) is 1. The summed E-state index contributed by atoms with van der Waals surface area (Å²) in [5.74, 6) is -0.977. The van der Waals surface area contributed by atoms with Gasteiger partial charge in [-0.3, -0.25) is 0 Å². The molecule has 1 N–H and O–H groups in total. The first-order valence-electron chi connectivity index (χ1n) is 3.89. The predicted octanol–water partition coefficient (Wildman–Crippen LogP) is 1.78. The summed E-state index contributed by atoms with van der Waals surface area (Å²) in [6, 6.07) is 3.16. The molecule has 5 nitrogen and oxygen atoms in total. The number of nitrogens with zero attached hydrogens (tertiary/aromatic N) is 3. The van der Waals surface area contributed by atoms with Crippen LogP contribution in [0.15, 0.2) is 33.2 Å². The quantitative estimate of drug-likeness (QED) is 0.879. The summed E-state index contributed by atoms with van der Waals surface area (Å²) in [6.45, 7) is 0. The number of carboxylic acids is 1. The van der Waals surface area contributed by atoms with Gasteiger partial charge in [0.05, 0.1) is 5.56 Å². The lowest BCUT2D eigenvalue weighted by Crippen LogP contribution is -1.96. The highest BCUT2D eigenvalue weighted by molar-refractivity contribution is 8.00. The molecule has 0 aromatic carbocycles. The van der Waals surface area contributed by atoms with E-state index in [1.54, 1.807) is 11.6 Å². The van der Waals surface area contributed by atoms with E-state index in [-0.39, 0.29) is 5.56 Å². The van der Waals surface area contributed by atoms with Crippen LogP contribution in [0.5, 0.6) is 0 Å². The average molecular weight is 239 g/mol. The molecule has 0 fully saturated rings. The van der Waals surface area contributed by atoms with Crippen LogP contribution in [0.1, 0.15) is 10.4 Å². The summed E-state index contributed by atoms with van der Waals surface area (Å²) >= 11 is 2.77. The third-order valence-corrected chi connectivity index (χ3v) is 3.24. The minimum atomic E-state index is -0.977. The summed E-state index contributed by atoms with van der Waals surface area (Å²) in [5, 5.41) is 16.9. The normalized spacial score (nSPS) is 10.1. The monoisotopic (exact) mass is 239 g/mol. The molecular formula is C8H5N3O2S2. The molecule has 7 heteroatoms. The molecule has 0 amide bonds. The molecule has 0 saturated carbocycles. The Balaban J connectivity index is 2.14. The van der Waals surface area contributed by atoms with E-state index in [9.17, 15) is 4.79 Å². The lowest BCUT2D eigenvalue weighted by Gasteiger charge is -1.96. The maximum atomic E-state index is 10.6. The number of carbonyl (C=O) groups is 1. The van der Waals surface area contributed by atoms with Crippen LogP contribution in [-0.2, 0) is 0 Å². The second-order valence-electron chi connectivity index (χ2n) is 2.50. The Hall–Kier alpha value is -1.47. The topological polar surface area (TPSA) is 76.0 Å². The molecule has 0 aliphatic heterocycles. The fourth-order valence-electron chi connectivity index (χ4n) is 0.864. The highest BCUT2D eigenvalue weighted by Crippen LogP contribution is 2.26. The molecule has 0 aliphatic carbocycles. The Morgan fingerprint density at radius 1 is 1.47 bits per heavy atom. The van der Waals surface area contributed by atoms with Crippen LogP contribution in [0.25, 0.3) is 0 Å². The van der Waals surface area contributed by atoms with E-state index >= 15 is 0 Å². The van der Waals surface area contributed by atoms with Crippen molar-refractivity contribution in [1.29, 1.82) is 0 Å². The fourth-order valence-corrected chi connectivity index (χ4v) is 2.23. The largest absolute Gasteiger partial charge is 0.478 e. The zero-order chi connectivity index (χ0) is 10.7. The van der Waals surface area contributed by atoms with Gasteiger partial charge in [-0.05, 0) is 23.9 Å². The van der Waals surface area contributed by atoms with Crippen LogP contribution in [0, 0.1) is 0 Å². The Bertz CT molecular complexity index is 455. The summed E-state index contributed by atoms with van der Waals surface area (Å²) < 4.78 is 0.783. The van der Waals surface area contributed by atoms with Gasteiger partial charge in [-0.15, -0.1) is 10.2 Å². The van der Waals surface area contributed by atoms with Crippen LogP contribution >= 0.6 is 23.1 Å². The molecule has 0 atom stereocenters. The van der Waals surface area contributed by atoms with Gasteiger partial charge in [0.1, 0.15) is 10.5 Å². The first kappa shape index (κ1) is 10.1. The molecule has 2 heterocycles. The third-order valence-electron chi connectivity index (χ3n) is 1.52. The van der Waals surface area contributed by atoms with Crippen molar-refractivity contribution in [3.63, 3.8) is 0 Å². The molecule has 76 valence electrons. The van der Waals surface area contributed by atoms with Crippen molar-refractivity contribution in [3.8, 4) is 0 Å². The van der Waals surface area contributed by atoms with E-state index in [2.05, 4.69) is 15.2 Å². The van der Waals surface area contributed by atoms with Gasteiger partial charge in [0.25, 0.3) is 0 Å². The van der Waals surface area contributed by atoms with Gasteiger partial charge in [0.2, 0.25) is 0 Å². The second-order valence-corrected chi connectivity index (χ2v) is 4.60. The molecule has 0 bridgehead atoms. The summed E-state index contributed by atoms with van der Waals surface area (Å²) in [6.07, 6.45) is 1.33. The summed E-state index contributed by atoms with van der Waals surface area (Å²) in [5.41, 5.74) is 1.81. The summed E-state index contributed by atoms with van der Waals surface area (Å²) in [7, 11) is 0. The maximum Gasteiger partial charge on any atom is 0.337 e. The van der Waals surface area contributed by atoms with Crippen molar-refractivity contribution >= 4 is 29.1 Å². The molecule has 0 unspecified atom stereocenters. The van der Waals surface area contributed by atoms with Crippen LogP contribution in [-0.4, -0.2) is 26.3 Å². The van der Waals surface area contributed by atoms with Crippen molar-refractivity contribution in [3.05, 3.63) is 29.4 Å². The van der Waals surface area contributed by atoms with E-state index in [1.165, 1.54) is 35.4 Å². The molecule has 15 heavy (non-hydrogen) atoms. The van der Waals surface area contributed by atoms with E-state index in [1.807, 2.05) is 0 Å². The second kappa shape index (κ2) is 4.37. The van der Waals surface area contributed by atoms with Gasteiger partial charge < -0.3 is 5.11 Å². The molecule has 2 rings (SSSR count). The number of hydrogen-bond acceptors (Lipinski definition) is 6. The Morgan fingerprint density at radius 2 is 2.33 bits per heavy atom. The predicted molar refractivity (Wildman–Crippen MR) is 55.2 cm³/mol. The first-order chi connectivity index (χ1) is 7.25. The molecule has 0 saturated heterocycles. The number of hydrogen-bond donors (Lipinski definition) is 1. The van der Waals surface area contributed by atoms with E-state index in [4.69, 9.17) is 5.11 Å². The van der Waals surface area contributed by atoms with Gasteiger partial charge >= 0.3 is 5.97 Å². The van der Waals surface area contributed by atoms with E-state index in [0.717, 1.165) is 4.34 Å². The lowest BCUT2D eigenvalue weighted by molar-refractivity contribution is 0.0696. The first-order valence-corrected chi connectivity index (χ1v) is 5.58. The van der Waals surface area contributed by atoms with Gasteiger partial charge in [-0.2, -0.15) is 0 Å². The number of rotatable bonds is 3. The average Bonchev–Trinajstić information content (AvgIpc) is 2.71. The number of aromatic carboxylic acids is 1. The molecular weight excluding hydrogens is 234 g/mol. The minimum Gasteiger partial charge on any atom is -0.478 e. The van der Waals surface area contributed by atoms with Crippen LogP contribution < -0.4 is 0 Å². The zero-order valence-electron chi connectivity index (χ0n) is 7.32. The molecule has 0 radical (unpaired) electrons. The van der Waals surface area contributed by atoms with Gasteiger partial charge in [0, 0.05) is 6.20 Å². The Kier molecular flexibility index (Phi) is 2.93. The molecule has 0 aliphatic rings. The standard InChI is InChI=1S/C8H5N3O2S2/c12-7(13)5-1-2-6(9-3-5)15-8-11-10-4-14-8/h1-4H,(H,12,13). The van der Waals surface area contributed by atoms with Gasteiger partial charge in [-0.1, -0.05) is 11.3 Å². The van der Waals surface area contributed by atoms with Gasteiger partial charge in [0.15, 0.2) is 4.34 Å². The minimum absolute atomic E-state index is 0.177. The van der Waals surface area contributed by atoms with Crippen LogP contribution in [0.4, 0.5) is 0 Å². The van der Waals surface area contributed by atoms with Crippen molar-refractivity contribution in [1.82, 2.24) is 15.2 Å². The SMILES string of the molecule is O=C(O)c1ccc(Sc2nncs2)nc1. The highest BCUT2D eigenvalue weighted by atomic mass is 32.2. The molecule has 2 aromatic heterocycles. The zero-order valence-corrected chi connectivity index (χ0v) is 8.96. The molecule has 0 spiro atoms. The number of aromatic nitrogens is 3. The van der Waals surface area contributed by atoms with Crippen molar-refractivity contribution in [2.45, 2.75) is 9.37 Å². The lowest BCUT2D eigenvalue weighted by atomic mass is 10.3. The summed E-state index contributed by atoms with van der Waals surface area (Å²) in [4.78, 5) is 14.6. The maximum absolute atomic E-state index is 10.6. The van der Waals surface area contributed by atoms with Crippen molar-refractivity contribution in [2.75, 3.05) is 0 Å². The Labute approximate surface area is 93.2 Å². The molecule has 2 aromatic rings. The third kappa shape index (κ3) is 2.51. The van der Waals surface area contributed by atoms with Crippen LogP contribution in [0.3, 0.4) is 0 Å².